The molecule has 1 aliphatic rings. The van der Waals surface area contributed by atoms with Gasteiger partial charge in [-0.25, -0.2) is 9.97 Å². The summed E-state index contributed by atoms with van der Waals surface area (Å²) in [6, 6.07) is 4.04. The number of unbranched alkanes of at least 4 members (excludes halogenated alkanes) is 1. The summed E-state index contributed by atoms with van der Waals surface area (Å²) in [6.07, 6.45) is 5.70. The first kappa shape index (κ1) is 14.2. The molecule has 0 aliphatic carbocycles. The molecule has 2 N–H and O–H groups in total. The second-order valence-corrected chi connectivity index (χ2v) is 5.39. The van der Waals surface area contributed by atoms with Gasteiger partial charge in [0, 0.05) is 38.6 Å². The van der Waals surface area contributed by atoms with Crippen LogP contribution in [0.4, 0.5) is 5.82 Å². The minimum absolute atomic E-state index is 0.723. The van der Waals surface area contributed by atoms with E-state index in [0.29, 0.717) is 0 Å². The molecule has 0 spiro atoms. The molecule has 0 aromatic carbocycles. The maximum Gasteiger partial charge on any atom is 0.180 e. The van der Waals surface area contributed by atoms with Crippen molar-refractivity contribution in [3.63, 3.8) is 0 Å². The molecule has 2 aromatic rings. The normalized spacial score (nSPS) is 16.5. The van der Waals surface area contributed by atoms with Gasteiger partial charge >= 0.3 is 0 Å². The summed E-state index contributed by atoms with van der Waals surface area (Å²) >= 11 is 0. The van der Waals surface area contributed by atoms with Gasteiger partial charge in [0.05, 0.1) is 0 Å². The molecule has 3 rings (SSSR count). The molecule has 1 aliphatic heterocycles. The van der Waals surface area contributed by atoms with Crippen molar-refractivity contribution in [1.82, 2.24) is 19.9 Å². The first-order valence-corrected chi connectivity index (χ1v) is 7.62. The molecule has 1 saturated heterocycles. The molecule has 6 heteroatoms. The lowest BCUT2D eigenvalue weighted by Crippen LogP contribution is -2.47. The van der Waals surface area contributed by atoms with E-state index in [1.165, 1.54) is 6.42 Å². The van der Waals surface area contributed by atoms with E-state index in [4.69, 9.17) is 5.73 Å². The van der Waals surface area contributed by atoms with E-state index in [1.807, 2.05) is 12.1 Å². The maximum absolute atomic E-state index is 5.54. The monoisotopic (exact) mass is 286 g/mol. The number of rotatable bonds is 5. The number of nitrogens with two attached hydrogens (primary N) is 1. The Hall–Kier alpha value is -1.79. The van der Waals surface area contributed by atoms with E-state index in [2.05, 4.69) is 24.8 Å². The average Bonchev–Trinajstić information content (AvgIpc) is 2.55. The highest BCUT2D eigenvalue weighted by Crippen LogP contribution is 2.16. The molecular formula is C15H22N6. The molecule has 0 amide bonds. The fraction of sp³-hybridized carbons (Fsp3) is 0.533. The largest absolute Gasteiger partial charge is 0.354 e. The molecule has 112 valence electrons. The Morgan fingerprint density at radius 3 is 2.62 bits per heavy atom. The van der Waals surface area contributed by atoms with Crippen molar-refractivity contribution in [2.24, 2.45) is 5.73 Å². The summed E-state index contributed by atoms with van der Waals surface area (Å²) in [5.74, 6) is 1.00. The van der Waals surface area contributed by atoms with E-state index in [1.54, 1.807) is 12.4 Å². The zero-order valence-corrected chi connectivity index (χ0v) is 12.3. The van der Waals surface area contributed by atoms with Crippen LogP contribution in [-0.2, 0) is 0 Å². The van der Waals surface area contributed by atoms with Crippen LogP contribution in [0.2, 0.25) is 0 Å². The van der Waals surface area contributed by atoms with Crippen LogP contribution in [0.3, 0.4) is 0 Å². The van der Waals surface area contributed by atoms with Crippen LogP contribution in [-0.4, -0.2) is 59.1 Å². The minimum Gasteiger partial charge on any atom is -0.354 e. The Bertz CT molecular complexity index is 579. The van der Waals surface area contributed by atoms with Gasteiger partial charge in [0.2, 0.25) is 0 Å². The van der Waals surface area contributed by atoms with Crippen molar-refractivity contribution in [2.75, 3.05) is 44.2 Å². The summed E-state index contributed by atoms with van der Waals surface area (Å²) in [6.45, 7) is 6.15. The predicted octanol–water partition coefficient (Wildman–Crippen LogP) is 0.886. The molecule has 0 saturated carbocycles. The standard InChI is InChI=1S/C15H22N6/c16-5-1-2-8-20-9-11-21(12-10-20)14-4-3-13-15(19-14)18-7-6-17-13/h3-4,6-7H,1-2,5,8-12,16H2. The third-order valence-electron chi connectivity index (χ3n) is 3.94. The lowest BCUT2D eigenvalue weighted by atomic mass is 10.2. The van der Waals surface area contributed by atoms with Crippen LogP contribution in [0.5, 0.6) is 0 Å². The number of piperazine rings is 1. The highest BCUT2D eigenvalue weighted by atomic mass is 15.3. The fourth-order valence-corrected chi connectivity index (χ4v) is 2.70. The van der Waals surface area contributed by atoms with Crippen molar-refractivity contribution >= 4 is 17.0 Å². The van der Waals surface area contributed by atoms with Crippen LogP contribution < -0.4 is 10.6 Å². The van der Waals surface area contributed by atoms with E-state index in [-0.39, 0.29) is 0 Å². The molecule has 0 unspecified atom stereocenters. The number of pyridine rings is 1. The number of hydrogen-bond acceptors (Lipinski definition) is 6. The molecule has 2 aromatic heterocycles. The topological polar surface area (TPSA) is 71.2 Å². The number of fused-ring (bicyclic) bond motifs is 1. The van der Waals surface area contributed by atoms with E-state index in [9.17, 15) is 0 Å². The van der Waals surface area contributed by atoms with Gasteiger partial charge in [0.25, 0.3) is 0 Å². The van der Waals surface area contributed by atoms with Gasteiger partial charge < -0.3 is 10.6 Å². The summed E-state index contributed by atoms with van der Waals surface area (Å²) < 4.78 is 0. The van der Waals surface area contributed by atoms with Gasteiger partial charge in [-0.15, -0.1) is 0 Å². The molecule has 21 heavy (non-hydrogen) atoms. The highest BCUT2D eigenvalue weighted by molar-refractivity contribution is 5.71. The van der Waals surface area contributed by atoms with E-state index >= 15 is 0 Å². The minimum atomic E-state index is 0.723. The second-order valence-electron chi connectivity index (χ2n) is 5.39. The maximum atomic E-state index is 5.54. The van der Waals surface area contributed by atoms with Crippen LogP contribution in [0.25, 0.3) is 11.2 Å². The highest BCUT2D eigenvalue weighted by Gasteiger charge is 2.17. The van der Waals surface area contributed by atoms with Crippen molar-refractivity contribution in [3.8, 4) is 0 Å². The third-order valence-corrected chi connectivity index (χ3v) is 3.94. The van der Waals surface area contributed by atoms with Gasteiger partial charge in [-0.2, -0.15) is 0 Å². The van der Waals surface area contributed by atoms with Crippen molar-refractivity contribution < 1.29 is 0 Å². The molecule has 6 nitrogen and oxygen atoms in total. The summed E-state index contributed by atoms with van der Waals surface area (Å²) in [7, 11) is 0. The Balaban J connectivity index is 1.60. The predicted molar refractivity (Wildman–Crippen MR) is 84.3 cm³/mol. The number of anilines is 1. The molecule has 3 heterocycles. The van der Waals surface area contributed by atoms with Gasteiger partial charge in [-0.1, -0.05) is 0 Å². The zero-order valence-electron chi connectivity index (χ0n) is 12.3. The van der Waals surface area contributed by atoms with Crippen molar-refractivity contribution in [1.29, 1.82) is 0 Å². The van der Waals surface area contributed by atoms with Gasteiger partial charge in [0.15, 0.2) is 5.65 Å². The molecule has 0 atom stereocenters. The smallest absolute Gasteiger partial charge is 0.180 e. The number of hydrogen-bond donors (Lipinski definition) is 1. The van der Waals surface area contributed by atoms with Crippen molar-refractivity contribution in [3.05, 3.63) is 24.5 Å². The number of aromatic nitrogens is 3. The van der Waals surface area contributed by atoms with Crippen LogP contribution in [0.15, 0.2) is 24.5 Å². The van der Waals surface area contributed by atoms with Crippen LogP contribution >= 0.6 is 0 Å². The van der Waals surface area contributed by atoms with Crippen LogP contribution in [0, 0.1) is 0 Å². The Kier molecular flexibility index (Phi) is 4.57. The summed E-state index contributed by atoms with van der Waals surface area (Å²) in [5, 5.41) is 0. The SMILES string of the molecule is NCCCCN1CCN(c2ccc3nccnc3n2)CC1. The van der Waals surface area contributed by atoms with Gasteiger partial charge in [-0.3, -0.25) is 9.88 Å². The fourth-order valence-electron chi connectivity index (χ4n) is 2.70. The first-order valence-electron chi connectivity index (χ1n) is 7.62. The lowest BCUT2D eigenvalue weighted by molar-refractivity contribution is 0.253. The van der Waals surface area contributed by atoms with E-state index < -0.39 is 0 Å². The molecule has 0 bridgehead atoms. The van der Waals surface area contributed by atoms with E-state index in [0.717, 1.165) is 62.7 Å². The lowest BCUT2D eigenvalue weighted by Gasteiger charge is -2.35. The zero-order chi connectivity index (χ0) is 14.5. The van der Waals surface area contributed by atoms with Gasteiger partial charge in [-0.05, 0) is 38.1 Å². The first-order chi connectivity index (χ1) is 10.4. The quantitative estimate of drug-likeness (QED) is 0.823. The Morgan fingerprint density at radius 2 is 1.81 bits per heavy atom. The number of nitrogens with zero attached hydrogens (tertiary/aromatic N) is 5. The summed E-state index contributed by atoms with van der Waals surface area (Å²) in [4.78, 5) is 18.0. The molecule has 0 radical (unpaired) electrons. The Morgan fingerprint density at radius 1 is 1.00 bits per heavy atom. The second kappa shape index (κ2) is 6.78. The molecular weight excluding hydrogens is 264 g/mol. The Labute approximate surface area is 125 Å². The van der Waals surface area contributed by atoms with Crippen LogP contribution in [0.1, 0.15) is 12.8 Å². The van der Waals surface area contributed by atoms with Gasteiger partial charge in [0.1, 0.15) is 11.3 Å². The van der Waals surface area contributed by atoms with Crippen molar-refractivity contribution in [2.45, 2.75) is 12.8 Å². The summed E-state index contributed by atoms with van der Waals surface area (Å²) in [5.41, 5.74) is 7.11. The third kappa shape index (κ3) is 3.46. The molecule has 1 fully saturated rings. The average molecular weight is 286 g/mol.